The van der Waals surface area contributed by atoms with Crippen LogP contribution in [0.4, 0.5) is 0 Å². The van der Waals surface area contributed by atoms with Crippen LogP contribution in [0.3, 0.4) is 0 Å². The zero-order valence-corrected chi connectivity index (χ0v) is 21.9. The second-order valence-electron chi connectivity index (χ2n) is 8.32. The van der Waals surface area contributed by atoms with Crippen molar-refractivity contribution in [3.8, 4) is 22.6 Å². The highest BCUT2D eigenvalue weighted by Crippen LogP contribution is 2.24. The van der Waals surface area contributed by atoms with Crippen molar-refractivity contribution in [3.05, 3.63) is 118 Å². The smallest absolute Gasteiger partial charge is 0.343 e. The van der Waals surface area contributed by atoms with E-state index in [9.17, 15) is 9.59 Å². The number of amides is 1. The molecular formula is C30H25BrN2O4. The van der Waals surface area contributed by atoms with Crippen molar-refractivity contribution in [3.63, 3.8) is 0 Å². The van der Waals surface area contributed by atoms with Crippen LogP contribution < -0.4 is 14.9 Å². The van der Waals surface area contributed by atoms with Crippen LogP contribution in [0, 0.1) is 6.92 Å². The Hall–Kier alpha value is -4.23. The largest absolute Gasteiger partial charge is 0.481 e. The minimum absolute atomic E-state index is 0.314. The molecule has 7 heteroatoms. The monoisotopic (exact) mass is 556 g/mol. The third-order valence-electron chi connectivity index (χ3n) is 5.48. The molecule has 186 valence electrons. The van der Waals surface area contributed by atoms with Crippen LogP contribution in [0.1, 0.15) is 28.4 Å². The molecule has 0 spiro atoms. The molecule has 0 heterocycles. The van der Waals surface area contributed by atoms with E-state index >= 15 is 0 Å². The van der Waals surface area contributed by atoms with Gasteiger partial charge in [0.25, 0.3) is 5.91 Å². The zero-order valence-electron chi connectivity index (χ0n) is 20.4. The van der Waals surface area contributed by atoms with E-state index in [-0.39, 0.29) is 0 Å². The van der Waals surface area contributed by atoms with Gasteiger partial charge in [0.15, 0.2) is 6.10 Å². The normalized spacial score (nSPS) is 11.6. The molecule has 0 fully saturated rings. The van der Waals surface area contributed by atoms with Gasteiger partial charge in [0.05, 0.1) is 11.8 Å². The summed E-state index contributed by atoms with van der Waals surface area (Å²) in [5, 5.41) is 4.03. The van der Waals surface area contributed by atoms with Gasteiger partial charge in [-0.25, -0.2) is 10.2 Å². The number of benzene rings is 4. The van der Waals surface area contributed by atoms with E-state index in [0.29, 0.717) is 22.6 Å². The predicted octanol–water partition coefficient (Wildman–Crippen LogP) is 6.56. The van der Waals surface area contributed by atoms with E-state index < -0.39 is 18.0 Å². The molecule has 0 aliphatic heterocycles. The lowest BCUT2D eigenvalue weighted by Crippen LogP contribution is -2.33. The fourth-order valence-corrected chi connectivity index (χ4v) is 3.81. The summed E-state index contributed by atoms with van der Waals surface area (Å²) in [7, 11) is 0. The SMILES string of the molecule is Cc1ccc(C(=O)Oc2ccc(Br)cc2/C=N/NC(=O)C(C)Oc2ccc(-c3ccccc3)cc2)cc1. The minimum atomic E-state index is -0.777. The minimum Gasteiger partial charge on any atom is -0.481 e. The molecule has 1 atom stereocenters. The summed E-state index contributed by atoms with van der Waals surface area (Å²) in [6.45, 7) is 3.59. The van der Waals surface area contributed by atoms with Crippen molar-refractivity contribution in [2.45, 2.75) is 20.0 Å². The van der Waals surface area contributed by atoms with Crippen LogP contribution in [0.25, 0.3) is 11.1 Å². The molecule has 0 radical (unpaired) electrons. The number of halogens is 1. The fraction of sp³-hybridized carbons (Fsp3) is 0.100. The molecule has 1 amide bonds. The van der Waals surface area contributed by atoms with E-state index in [0.717, 1.165) is 21.2 Å². The van der Waals surface area contributed by atoms with Gasteiger partial charge in [0, 0.05) is 10.0 Å². The predicted molar refractivity (Wildman–Crippen MR) is 148 cm³/mol. The zero-order chi connectivity index (χ0) is 26.2. The topological polar surface area (TPSA) is 77.0 Å². The Labute approximate surface area is 224 Å². The number of aryl methyl sites for hydroxylation is 1. The Morgan fingerprint density at radius 2 is 1.57 bits per heavy atom. The Morgan fingerprint density at radius 1 is 0.892 bits per heavy atom. The Bertz CT molecular complexity index is 1400. The number of hydrazone groups is 1. The van der Waals surface area contributed by atoms with Crippen molar-refractivity contribution >= 4 is 34.0 Å². The van der Waals surface area contributed by atoms with Crippen molar-refractivity contribution in [2.24, 2.45) is 5.10 Å². The second-order valence-corrected chi connectivity index (χ2v) is 9.24. The Balaban J connectivity index is 1.36. The number of hydrogen-bond donors (Lipinski definition) is 1. The van der Waals surface area contributed by atoms with Gasteiger partial charge >= 0.3 is 5.97 Å². The van der Waals surface area contributed by atoms with Crippen molar-refractivity contribution in [1.82, 2.24) is 5.43 Å². The molecule has 0 aliphatic carbocycles. The maximum Gasteiger partial charge on any atom is 0.343 e. The second kappa shape index (κ2) is 12.1. The van der Waals surface area contributed by atoms with E-state index in [1.165, 1.54) is 6.21 Å². The molecule has 6 nitrogen and oxygen atoms in total. The van der Waals surface area contributed by atoms with Crippen LogP contribution >= 0.6 is 15.9 Å². The lowest BCUT2D eigenvalue weighted by molar-refractivity contribution is -0.127. The highest BCUT2D eigenvalue weighted by Gasteiger charge is 2.15. The first-order valence-corrected chi connectivity index (χ1v) is 12.4. The molecule has 0 aliphatic rings. The number of nitrogens with one attached hydrogen (secondary N) is 1. The Kier molecular flexibility index (Phi) is 8.48. The van der Waals surface area contributed by atoms with Crippen LogP contribution in [0.5, 0.6) is 11.5 Å². The quantitative estimate of drug-likeness (QED) is 0.115. The number of nitrogens with zero attached hydrogens (tertiary/aromatic N) is 1. The summed E-state index contributed by atoms with van der Waals surface area (Å²) < 4.78 is 12.1. The standard InChI is InChI=1S/C30H25BrN2O4/c1-20-8-10-24(11-9-20)30(35)37-28-17-14-26(31)18-25(28)19-32-33-29(34)21(2)36-27-15-12-23(13-16-27)22-6-4-3-5-7-22/h3-19,21H,1-2H3,(H,33,34)/b32-19+. The molecule has 0 saturated heterocycles. The van der Waals surface area contributed by atoms with Crippen LogP contribution in [-0.4, -0.2) is 24.2 Å². The lowest BCUT2D eigenvalue weighted by Gasteiger charge is -2.13. The van der Waals surface area contributed by atoms with Crippen LogP contribution in [0.15, 0.2) is 107 Å². The molecule has 1 unspecified atom stereocenters. The first-order valence-electron chi connectivity index (χ1n) is 11.6. The van der Waals surface area contributed by atoms with Crippen LogP contribution in [-0.2, 0) is 4.79 Å². The van der Waals surface area contributed by atoms with Gasteiger partial charge in [0.1, 0.15) is 11.5 Å². The average Bonchev–Trinajstić information content (AvgIpc) is 2.91. The first kappa shape index (κ1) is 25.9. The number of rotatable bonds is 8. The summed E-state index contributed by atoms with van der Waals surface area (Å²) in [6, 6.07) is 29.8. The summed E-state index contributed by atoms with van der Waals surface area (Å²) in [4.78, 5) is 25.1. The van der Waals surface area contributed by atoms with Gasteiger partial charge in [-0.3, -0.25) is 4.79 Å². The Morgan fingerprint density at radius 3 is 2.27 bits per heavy atom. The number of ether oxygens (including phenoxy) is 2. The van der Waals surface area contributed by atoms with Gasteiger partial charge in [-0.2, -0.15) is 5.10 Å². The number of carbonyl (C=O) groups excluding carboxylic acids is 2. The van der Waals surface area contributed by atoms with E-state index in [1.807, 2.05) is 73.7 Å². The maximum absolute atomic E-state index is 12.5. The molecule has 4 aromatic rings. The third-order valence-corrected chi connectivity index (χ3v) is 5.98. The maximum atomic E-state index is 12.5. The first-order chi connectivity index (χ1) is 17.9. The van der Waals surface area contributed by atoms with E-state index in [4.69, 9.17) is 9.47 Å². The molecule has 4 rings (SSSR count). The van der Waals surface area contributed by atoms with Gasteiger partial charge in [0.2, 0.25) is 0 Å². The third kappa shape index (κ3) is 7.15. The molecule has 0 aromatic heterocycles. The highest BCUT2D eigenvalue weighted by molar-refractivity contribution is 9.10. The van der Waals surface area contributed by atoms with Crippen molar-refractivity contribution in [2.75, 3.05) is 0 Å². The van der Waals surface area contributed by atoms with Gasteiger partial charge in [-0.05, 0) is 67.4 Å². The van der Waals surface area contributed by atoms with Crippen LogP contribution in [0.2, 0.25) is 0 Å². The van der Waals surface area contributed by atoms with Crippen molar-refractivity contribution < 1.29 is 19.1 Å². The van der Waals surface area contributed by atoms with Gasteiger partial charge in [-0.1, -0.05) is 76.1 Å². The van der Waals surface area contributed by atoms with Crippen molar-refractivity contribution in [1.29, 1.82) is 0 Å². The average molecular weight is 557 g/mol. The van der Waals surface area contributed by atoms with E-state index in [1.54, 1.807) is 37.3 Å². The fourth-order valence-electron chi connectivity index (χ4n) is 3.43. The van der Waals surface area contributed by atoms with Gasteiger partial charge < -0.3 is 9.47 Å². The number of carbonyl (C=O) groups is 2. The summed E-state index contributed by atoms with van der Waals surface area (Å²) in [6.07, 6.45) is 0.642. The van der Waals surface area contributed by atoms with E-state index in [2.05, 4.69) is 26.5 Å². The number of hydrogen-bond acceptors (Lipinski definition) is 5. The molecule has 0 saturated carbocycles. The van der Waals surface area contributed by atoms with Gasteiger partial charge in [-0.15, -0.1) is 0 Å². The molecular weight excluding hydrogens is 532 g/mol. The lowest BCUT2D eigenvalue weighted by atomic mass is 10.1. The summed E-state index contributed by atoms with van der Waals surface area (Å²) in [5.41, 5.74) is 6.64. The highest BCUT2D eigenvalue weighted by atomic mass is 79.9. The molecule has 37 heavy (non-hydrogen) atoms. The summed E-state index contributed by atoms with van der Waals surface area (Å²) >= 11 is 3.41. The number of esters is 1. The molecule has 0 bridgehead atoms. The summed E-state index contributed by atoms with van der Waals surface area (Å²) in [5.74, 6) is -0.0175. The molecule has 4 aromatic carbocycles. The molecule has 1 N–H and O–H groups in total.